The van der Waals surface area contributed by atoms with Crippen LogP contribution in [0, 0.1) is 12.8 Å². The van der Waals surface area contributed by atoms with Crippen molar-refractivity contribution in [3.63, 3.8) is 0 Å². The van der Waals surface area contributed by atoms with Crippen LogP contribution in [0.15, 0.2) is 48.8 Å². The SMILES string of the molecule is Cc1ncc(-c2ccc3cc(OCC4CCOC4)ccc3c2)cn1. The van der Waals surface area contributed by atoms with E-state index in [4.69, 9.17) is 9.47 Å². The molecule has 0 aliphatic carbocycles. The van der Waals surface area contributed by atoms with Gasteiger partial charge in [-0.3, -0.25) is 0 Å². The number of hydrogen-bond acceptors (Lipinski definition) is 4. The van der Waals surface area contributed by atoms with Crippen LogP contribution in [0.1, 0.15) is 12.2 Å². The summed E-state index contributed by atoms with van der Waals surface area (Å²) in [5.74, 6) is 2.22. The highest BCUT2D eigenvalue weighted by Crippen LogP contribution is 2.27. The van der Waals surface area contributed by atoms with Gasteiger partial charge >= 0.3 is 0 Å². The molecular formula is C20H20N2O2. The zero-order valence-corrected chi connectivity index (χ0v) is 13.7. The molecule has 1 aromatic heterocycles. The van der Waals surface area contributed by atoms with E-state index in [0.717, 1.165) is 48.9 Å². The molecule has 0 bridgehead atoms. The number of nitrogens with zero attached hydrogens (tertiary/aromatic N) is 2. The highest BCUT2D eigenvalue weighted by atomic mass is 16.5. The zero-order valence-electron chi connectivity index (χ0n) is 13.7. The van der Waals surface area contributed by atoms with Crippen molar-refractivity contribution in [3.8, 4) is 16.9 Å². The molecule has 0 spiro atoms. The number of hydrogen-bond donors (Lipinski definition) is 0. The lowest BCUT2D eigenvalue weighted by molar-refractivity contribution is 0.167. The van der Waals surface area contributed by atoms with E-state index in [2.05, 4.69) is 40.3 Å². The number of ether oxygens (including phenoxy) is 2. The zero-order chi connectivity index (χ0) is 16.4. The minimum Gasteiger partial charge on any atom is -0.493 e. The van der Waals surface area contributed by atoms with Crippen molar-refractivity contribution < 1.29 is 9.47 Å². The van der Waals surface area contributed by atoms with Crippen molar-refractivity contribution in [2.75, 3.05) is 19.8 Å². The third-order valence-corrected chi connectivity index (χ3v) is 4.44. The third-order valence-electron chi connectivity index (χ3n) is 4.44. The van der Waals surface area contributed by atoms with Gasteiger partial charge in [0.25, 0.3) is 0 Å². The first-order valence-electron chi connectivity index (χ1n) is 8.31. The molecule has 1 atom stereocenters. The van der Waals surface area contributed by atoms with Crippen LogP contribution < -0.4 is 4.74 Å². The Kier molecular flexibility index (Phi) is 4.13. The maximum atomic E-state index is 5.93. The van der Waals surface area contributed by atoms with Crippen LogP contribution in [0.4, 0.5) is 0 Å². The summed E-state index contributed by atoms with van der Waals surface area (Å²) in [5, 5.41) is 2.36. The van der Waals surface area contributed by atoms with Crippen molar-refractivity contribution in [2.24, 2.45) is 5.92 Å². The molecule has 1 unspecified atom stereocenters. The molecule has 4 heteroatoms. The highest BCUT2D eigenvalue weighted by molar-refractivity contribution is 5.88. The maximum Gasteiger partial charge on any atom is 0.125 e. The van der Waals surface area contributed by atoms with Crippen LogP contribution >= 0.6 is 0 Å². The highest BCUT2D eigenvalue weighted by Gasteiger charge is 2.16. The molecule has 122 valence electrons. The summed E-state index contributed by atoms with van der Waals surface area (Å²) in [6, 6.07) is 12.6. The van der Waals surface area contributed by atoms with Gasteiger partial charge in [-0.05, 0) is 47.9 Å². The first kappa shape index (κ1) is 15.1. The van der Waals surface area contributed by atoms with Crippen molar-refractivity contribution in [1.82, 2.24) is 9.97 Å². The Morgan fingerprint density at radius 1 is 1.04 bits per heavy atom. The van der Waals surface area contributed by atoms with Gasteiger partial charge in [-0.15, -0.1) is 0 Å². The lowest BCUT2D eigenvalue weighted by atomic mass is 10.0. The second kappa shape index (κ2) is 6.57. The van der Waals surface area contributed by atoms with E-state index < -0.39 is 0 Å². The molecular weight excluding hydrogens is 300 g/mol. The predicted molar refractivity (Wildman–Crippen MR) is 94.1 cm³/mol. The fraction of sp³-hybridized carbons (Fsp3) is 0.300. The molecule has 0 amide bonds. The van der Waals surface area contributed by atoms with E-state index in [1.807, 2.05) is 25.4 Å². The third kappa shape index (κ3) is 3.24. The Bertz CT molecular complexity index is 840. The molecule has 1 saturated heterocycles. The summed E-state index contributed by atoms with van der Waals surface area (Å²) in [6.07, 6.45) is 4.82. The number of aryl methyl sites for hydroxylation is 1. The quantitative estimate of drug-likeness (QED) is 0.728. The standard InChI is InChI=1S/C20H20N2O2/c1-14-21-10-19(11-22-14)17-2-3-18-9-20(5-4-16(18)8-17)24-13-15-6-7-23-12-15/h2-5,8-11,15H,6-7,12-13H2,1H3. The average molecular weight is 320 g/mol. The van der Waals surface area contributed by atoms with E-state index in [0.29, 0.717) is 5.92 Å². The fourth-order valence-electron chi connectivity index (χ4n) is 2.96. The van der Waals surface area contributed by atoms with E-state index in [1.54, 1.807) is 0 Å². The molecule has 1 aliphatic rings. The normalized spacial score (nSPS) is 17.3. The van der Waals surface area contributed by atoms with Crippen LogP contribution in [0.3, 0.4) is 0 Å². The molecule has 1 fully saturated rings. The minimum atomic E-state index is 0.518. The molecule has 1 aliphatic heterocycles. The Labute approximate surface area is 141 Å². The van der Waals surface area contributed by atoms with Crippen LogP contribution in [0.5, 0.6) is 5.75 Å². The average Bonchev–Trinajstić information content (AvgIpc) is 3.13. The van der Waals surface area contributed by atoms with Gasteiger partial charge in [0.15, 0.2) is 0 Å². The summed E-state index contributed by atoms with van der Waals surface area (Å²) in [6.45, 7) is 4.29. The van der Waals surface area contributed by atoms with Crippen LogP contribution in [-0.4, -0.2) is 29.8 Å². The van der Waals surface area contributed by atoms with Gasteiger partial charge in [-0.2, -0.15) is 0 Å². The molecule has 3 aromatic rings. The molecule has 0 N–H and O–H groups in total. The first-order valence-corrected chi connectivity index (χ1v) is 8.31. The van der Waals surface area contributed by atoms with Gasteiger partial charge in [-0.25, -0.2) is 9.97 Å². The summed E-state index contributed by atoms with van der Waals surface area (Å²) in [5.41, 5.74) is 2.16. The summed E-state index contributed by atoms with van der Waals surface area (Å²) >= 11 is 0. The Hall–Kier alpha value is -2.46. The number of aromatic nitrogens is 2. The van der Waals surface area contributed by atoms with Crippen LogP contribution in [0.2, 0.25) is 0 Å². The molecule has 0 saturated carbocycles. The topological polar surface area (TPSA) is 44.2 Å². The first-order chi connectivity index (χ1) is 11.8. The predicted octanol–water partition coefficient (Wildman–Crippen LogP) is 4.02. The Morgan fingerprint density at radius 3 is 2.62 bits per heavy atom. The number of benzene rings is 2. The largest absolute Gasteiger partial charge is 0.493 e. The maximum absolute atomic E-state index is 5.93. The number of fused-ring (bicyclic) bond motifs is 1. The molecule has 2 heterocycles. The van der Waals surface area contributed by atoms with E-state index in [1.165, 1.54) is 10.8 Å². The van der Waals surface area contributed by atoms with Gasteiger partial charge in [0.2, 0.25) is 0 Å². The van der Waals surface area contributed by atoms with E-state index >= 15 is 0 Å². The van der Waals surface area contributed by atoms with Crippen molar-refractivity contribution >= 4 is 10.8 Å². The van der Waals surface area contributed by atoms with Crippen molar-refractivity contribution in [3.05, 3.63) is 54.6 Å². The Balaban J connectivity index is 1.54. The summed E-state index contributed by atoms with van der Waals surface area (Å²) in [4.78, 5) is 8.54. The second-order valence-corrected chi connectivity index (χ2v) is 6.28. The molecule has 4 nitrogen and oxygen atoms in total. The van der Waals surface area contributed by atoms with Gasteiger partial charge in [-0.1, -0.05) is 18.2 Å². The number of rotatable bonds is 4. The Morgan fingerprint density at radius 2 is 1.83 bits per heavy atom. The van der Waals surface area contributed by atoms with Crippen LogP contribution in [0.25, 0.3) is 21.9 Å². The van der Waals surface area contributed by atoms with Crippen LogP contribution in [-0.2, 0) is 4.74 Å². The summed E-state index contributed by atoms with van der Waals surface area (Å²) in [7, 11) is 0. The smallest absolute Gasteiger partial charge is 0.125 e. The summed E-state index contributed by atoms with van der Waals surface area (Å²) < 4.78 is 11.3. The fourth-order valence-corrected chi connectivity index (χ4v) is 2.96. The molecule has 2 aromatic carbocycles. The molecule has 0 radical (unpaired) electrons. The van der Waals surface area contributed by atoms with Crippen molar-refractivity contribution in [1.29, 1.82) is 0 Å². The second-order valence-electron chi connectivity index (χ2n) is 6.28. The van der Waals surface area contributed by atoms with E-state index in [-0.39, 0.29) is 0 Å². The lowest BCUT2D eigenvalue weighted by Crippen LogP contribution is -2.11. The molecule has 24 heavy (non-hydrogen) atoms. The molecule has 4 rings (SSSR count). The van der Waals surface area contributed by atoms with E-state index in [9.17, 15) is 0 Å². The van der Waals surface area contributed by atoms with Gasteiger partial charge in [0, 0.05) is 30.5 Å². The van der Waals surface area contributed by atoms with Crippen molar-refractivity contribution in [2.45, 2.75) is 13.3 Å². The minimum absolute atomic E-state index is 0.518. The van der Waals surface area contributed by atoms with Gasteiger partial charge < -0.3 is 9.47 Å². The lowest BCUT2D eigenvalue weighted by Gasteiger charge is -2.11. The monoisotopic (exact) mass is 320 g/mol. The van der Waals surface area contributed by atoms with Gasteiger partial charge in [0.05, 0.1) is 13.2 Å². The van der Waals surface area contributed by atoms with Gasteiger partial charge in [0.1, 0.15) is 11.6 Å².